The molecule has 1 aromatic carbocycles. The molecule has 1 aromatic rings. The van der Waals surface area contributed by atoms with Gasteiger partial charge >= 0.3 is 11.9 Å². The summed E-state index contributed by atoms with van der Waals surface area (Å²) in [7, 11) is 0. The molecule has 0 aliphatic rings. The van der Waals surface area contributed by atoms with Gasteiger partial charge in [0, 0.05) is 12.8 Å². The Morgan fingerprint density at radius 3 is 2.09 bits per heavy atom. The lowest BCUT2D eigenvalue weighted by atomic mass is 10.1. The highest BCUT2D eigenvalue weighted by Crippen LogP contribution is 2.35. The molecule has 0 spiro atoms. The van der Waals surface area contributed by atoms with Crippen molar-refractivity contribution in [2.45, 2.75) is 44.9 Å². The molecular formula is C16H17Br2NO4. The Balaban J connectivity index is 2.32. The summed E-state index contributed by atoms with van der Waals surface area (Å²) in [6.45, 7) is 0. The highest BCUT2D eigenvalue weighted by Gasteiger charge is 2.13. The molecule has 0 unspecified atom stereocenters. The number of nitriles is 1. The number of esters is 1. The van der Waals surface area contributed by atoms with E-state index in [2.05, 4.69) is 31.9 Å². The first kappa shape index (κ1) is 19.7. The first-order chi connectivity index (χ1) is 10.9. The van der Waals surface area contributed by atoms with Crippen molar-refractivity contribution in [3.63, 3.8) is 0 Å². The molecule has 0 aliphatic heterocycles. The van der Waals surface area contributed by atoms with E-state index in [1.165, 1.54) is 0 Å². The van der Waals surface area contributed by atoms with Gasteiger partial charge in [-0.15, -0.1) is 0 Å². The Morgan fingerprint density at radius 2 is 1.57 bits per heavy atom. The van der Waals surface area contributed by atoms with Crippen LogP contribution in [0.25, 0.3) is 0 Å². The van der Waals surface area contributed by atoms with Gasteiger partial charge in [0.2, 0.25) is 0 Å². The molecule has 0 radical (unpaired) electrons. The average Bonchev–Trinajstić information content (AvgIpc) is 2.49. The third-order valence-corrected chi connectivity index (χ3v) is 4.29. The summed E-state index contributed by atoms with van der Waals surface area (Å²) in [5, 5.41) is 17.4. The van der Waals surface area contributed by atoms with Crippen LogP contribution in [0.15, 0.2) is 21.1 Å². The number of unbranched alkanes of at least 4 members (excludes halogenated alkanes) is 4. The minimum absolute atomic E-state index is 0.197. The van der Waals surface area contributed by atoms with Crippen molar-refractivity contribution in [3.05, 3.63) is 26.6 Å². The van der Waals surface area contributed by atoms with Crippen LogP contribution in [-0.4, -0.2) is 17.0 Å². The van der Waals surface area contributed by atoms with E-state index in [4.69, 9.17) is 15.1 Å². The Bertz CT molecular complexity index is 588. The number of halogens is 2. The molecule has 7 heteroatoms. The van der Waals surface area contributed by atoms with Gasteiger partial charge in [-0.05, 0) is 56.8 Å². The fraction of sp³-hybridized carbons (Fsp3) is 0.438. The van der Waals surface area contributed by atoms with Crippen LogP contribution >= 0.6 is 31.9 Å². The van der Waals surface area contributed by atoms with Crippen LogP contribution in [-0.2, 0) is 9.59 Å². The van der Waals surface area contributed by atoms with Crippen molar-refractivity contribution in [1.29, 1.82) is 5.26 Å². The number of benzene rings is 1. The number of carboxylic acids is 1. The lowest BCUT2D eigenvalue weighted by Gasteiger charge is -2.09. The first-order valence-corrected chi connectivity index (χ1v) is 8.84. The van der Waals surface area contributed by atoms with Gasteiger partial charge in [0.05, 0.1) is 20.6 Å². The van der Waals surface area contributed by atoms with Crippen LogP contribution in [0.3, 0.4) is 0 Å². The van der Waals surface area contributed by atoms with E-state index in [-0.39, 0.29) is 12.4 Å². The number of carboxylic acid groups (broad SMARTS) is 1. The van der Waals surface area contributed by atoms with Gasteiger partial charge in [-0.25, -0.2) is 0 Å². The molecule has 0 fully saturated rings. The smallest absolute Gasteiger partial charge is 0.311 e. The molecule has 0 saturated carbocycles. The van der Waals surface area contributed by atoms with Crippen LogP contribution in [0.1, 0.15) is 50.5 Å². The SMILES string of the molecule is N#Cc1cc(Br)c(OC(=O)CCCCCCCC(=O)O)c(Br)c1. The second-order valence-electron chi connectivity index (χ2n) is 5.02. The summed E-state index contributed by atoms with van der Waals surface area (Å²) in [5.41, 5.74) is 0.463. The Morgan fingerprint density at radius 1 is 1.04 bits per heavy atom. The van der Waals surface area contributed by atoms with Crippen molar-refractivity contribution in [2.75, 3.05) is 0 Å². The number of nitrogens with zero attached hydrogens (tertiary/aromatic N) is 1. The van der Waals surface area contributed by atoms with E-state index in [1.54, 1.807) is 12.1 Å². The number of carbonyl (C=O) groups excluding carboxylic acids is 1. The van der Waals surface area contributed by atoms with E-state index in [0.717, 1.165) is 19.3 Å². The number of rotatable bonds is 9. The lowest BCUT2D eigenvalue weighted by molar-refractivity contribution is -0.137. The molecule has 0 aromatic heterocycles. The van der Waals surface area contributed by atoms with Gasteiger partial charge in [0.25, 0.3) is 0 Å². The fourth-order valence-electron chi connectivity index (χ4n) is 1.96. The average molecular weight is 447 g/mol. The van der Waals surface area contributed by atoms with E-state index >= 15 is 0 Å². The summed E-state index contributed by atoms with van der Waals surface area (Å²) >= 11 is 6.57. The van der Waals surface area contributed by atoms with Crippen molar-refractivity contribution >= 4 is 43.8 Å². The molecule has 124 valence electrons. The number of ether oxygens (including phenoxy) is 1. The Hall–Kier alpha value is -1.39. The van der Waals surface area contributed by atoms with Crippen molar-refractivity contribution in [2.24, 2.45) is 0 Å². The second-order valence-corrected chi connectivity index (χ2v) is 6.73. The Labute approximate surface area is 151 Å². The predicted octanol–water partition coefficient (Wildman–Crippen LogP) is 4.80. The van der Waals surface area contributed by atoms with Crippen LogP contribution in [0.5, 0.6) is 5.75 Å². The van der Waals surface area contributed by atoms with Crippen LogP contribution in [0.2, 0.25) is 0 Å². The lowest BCUT2D eigenvalue weighted by Crippen LogP contribution is -2.08. The van der Waals surface area contributed by atoms with Crippen molar-refractivity contribution in [3.8, 4) is 11.8 Å². The third-order valence-electron chi connectivity index (χ3n) is 3.11. The van der Waals surface area contributed by atoms with Crippen LogP contribution in [0.4, 0.5) is 0 Å². The summed E-state index contributed by atoms with van der Waals surface area (Å²) in [6.07, 6.45) is 4.51. The maximum Gasteiger partial charge on any atom is 0.311 e. The normalized spacial score (nSPS) is 10.1. The zero-order chi connectivity index (χ0) is 17.2. The number of aliphatic carboxylic acids is 1. The van der Waals surface area contributed by atoms with Gasteiger partial charge in [-0.1, -0.05) is 19.3 Å². The summed E-state index contributed by atoms with van der Waals surface area (Å²) in [6, 6.07) is 5.20. The fourth-order valence-corrected chi connectivity index (χ4v) is 3.31. The molecule has 1 N–H and O–H groups in total. The number of hydrogen-bond donors (Lipinski definition) is 1. The molecule has 0 amide bonds. The van der Waals surface area contributed by atoms with Gasteiger partial charge in [-0.2, -0.15) is 5.26 Å². The number of hydrogen-bond acceptors (Lipinski definition) is 4. The minimum Gasteiger partial charge on any atom is -0.481 e. The molecule has 0 aliphatic carbocycles. The van der Waals surface area contributed by atoms with Gasteiger partial charge < -0.3 is 9.84 Å². The van der Waals surface area contributed by atoms with E-state index in [9.17, 15) is 9.59 Å². The van der Waals surface area contributed by atoms with Gasteiger partial charge in [-0.3, -0.25) is 9.59 Å². The molecule has 0 atom stereocenters. The molecular weight excluding hydrogens is 430 g/mol. The minimum atomic E-state index is -0.771. The molecule has 0 saturated heterocycles. The predicted molar refractivity (Wildman–Crippen MR) is 92.1 cm³/mol. The van der Waals surface area contributed by atoms with Crippen LogP contribution in [0, 0.1) is 11.3 Å². The zero-order valence-electron chi connectivity index (χ0n) is 12.5. The molecule has 5 nitrogen and oxygen atoms in total. The highest BCUT2D eigenvalue weighted by molar-refractivity contribution is 9.11. The van der Waals surface area contributed by atoms with Gasteiger partial charge in [0.1, 0.15) is 0 Å². The maximum atomic E-state index is 11.8. The third kappa shape index (κ3) is 7.62. The van der Waals surface area contributed by atoms with Crippen molar-refractivity contribution in [1.82, 2.24) is 0 Å². The van der Waals surface area contributed by atoms with Gasteiger partial charge in [0.15, 0.2) is 5.75 Å². The van der Waals surface area contributed by atoms with E-state index < -0.39 is 5.97 Å². The highest BCUT2D eigenvalue weighted by atomic mass is 79.9. The molecule has 23 heavy (non-hydrogen) atoms. The molecule has 0 bridgehead atoms. The van der Waals surface area contributed by atoms with Crippen molar-refractivity contribution < 1.29 is 19.4 Å². The monoisotopic (exact) mass is 445 g/mol. The topological polar surface area (TPSA) is 87.4 Å². The van der Waals surface area contributed by atoms with E-state index in [0.29, 0.717) is 39.5 Å². The summed E-state index contributed by atoms with van der Waals surface area (Å²) in [4.78, 5) is 22.2. The Kier molecular flexibility index (Phi) is 8.89. The standard InChI is InChI=1S/C16H17Br2NO4/c17-12-8-11(10-19)9-13(18)16(12)23-15(22)7-5-3-1-2-4-6-14(20)21/h8-9H,1-7H2,(H,20,21). The summed E-state index contributed by atoms with van der Waals surface area (Å²) < 4.78 is 6.41. The zero-order valence-corrected chi connectivity index (χ0v) is 15.7. The van der Waals surface area contributed by atoms with Crippen LogP contribution < -0.4 is 4.74 Å². The first-order valence-electron chi connectivity index (χ1n) is 7.25. The summed E-state index contributed by atoms with van der Waals surface area (Å²) in [5.74, 6) is -0.732. The number of carbonyl (C=O) groups is 2. The maximum absolute atomic E-state index is 11.8. The molecule has 0 heterocycles. The largest absolute Gasteiger partial charge is 0.481 e. The quantitative estimate of drug-likeness (QED) is 0.334. The molecule has 1 rings (SSSR count). The second kappa shape index (κ2) is 10.4. The van der Waals surface area contributed by atoms with E-state index in [1.807, 2.05) is 6.07 Å².